The summed E-state index contributed by atoms with van der Waals surface area (Å²) in [5, 5.41) is 9.22. The molecule has 0 saturated heterocycles. The highest BCUT2D eigenvalue weighted by molar-refractivity contribution is 5.90. The number of H-pyrrole nitrogens is 1. The van der Waals surface area contributed by atoms with E-state index in [-0.39, 0.29) is 24.7 Å². The maximum absolute atomic E-state index is 12.6. The topological polar surface area (TPSA) is 70.7 Å². The summed E-state index contributed by atoms with van der Waals surface area (Å²) in [5.41, 5.74) is 0. The molecule has 0 bridgehead atoms. The number of halogens is 3. The fraction of sp³-hybridized carbons (Fsp3) is 0.769. The molecule has 0 spiro atoms. The van der Waals surface area contributed by atoms with Crippen molar-refractivity contribution in [3.8, 4) is 0 Å². The summed E-state index contributed by atoms with van der Waals surface area (Å²) in [6, 6.07) is -0.232. The number of carbonyl (C=O) groups is 1. The van der Waals surface area contributed by atoms with Crippen molar-refractivity contribution in [1.82, 2.24) is 20.5 Å². The second kappa shape index (κ2) is 6.44. The van der Waals surface area contributed by atoms with Crippen LogP contribution in [0.25, 0.3) is 0 Å². The third-order valence-corrected chi connectivity index (χ3v) is 3.75. The van der Waals surface area contributed by atoms with Gasteiger partial charge in [0.25, 0.3) is 5.91 Å². The number of carbonyl (C=O) groups excluding carboxylic acids is 1. The quantitative estimate of drug-likeness (QED) is 0.898. The number of aromatic amines is 1. The Morgan fingerprint density at radius 1 is 1.33 bits per heavy atom. The van der Waals surface area contributed by atoms with Crippen LogP contribution < -0.4 is 5.32 Å². The van der Waals surface area contributed by atoms with Gasteiger partial charge in [-0.25, -0.2) is 4.98 Å². The molecule has 1 fully saturated rings. The third-order valence-electron chi connectivity index (χ3n) is 3.75. The predicted octanol–water partition coefficient (Wildman–Crippen LogP) is 2.61. The molecule has 0 unspecified atom stereocenters. The van der Waals surface area contributed by atoms with E-state index in [1.807, 2.05) is 6.92 Å². The number of hydrogen-bond acceptors (Lipinski definition) is 3. The molecule has 118 valence electrons. The van der Waals surface area contributed by atoms with Crippen molar-refractivity contribution in [3.05, 3.63) is 11.6 Å². The molecular weight excluding hydrogens is 285 g/mol. The lowest BCUT2D eigenvalue weighted by atomic mass is 9.85. The van der Waals surface area contributed by atoms with Crippen molar-refractivity contribution in [3.63, 3.8) is 0 Å². The fourth-order valence-electron chi connectivity index (χ4n) is 2.56. The summed E-state index contributed by atoms with van der Waals surface area (Å²) >= 11 is 0. The van der Waals surface area contributed by atoms with Gasteiger partial charge in [0.15, 0.2) is 0 Å². The van der Waals surface area contributed by atoms with E-state index in [4.69, 9.17) is 0 Å². The largest absolute Gasteiger partial charge is 0.391 e. The fourth-order valence-corrected chi connectivity index (χ4v) is 2.56. The zero-order chi connectivity index (χ0) is 15.5. The highest BCUT2D eigenvalue weighted by Gasteiger charge is 2.41. The minimum atomic E-state index is -4.13. The van der Waals surface area contributed by atoms with Gasteiger partial charge < -0.3 is 5.32 Å². The van der Waals surface area contributed by atoms with Gasteiger partial charge in [0.1, 0.15) is 5.82 Å². The van der Waals surface area contributed by atoms with Gasteiger partial charge in [0, 0.05) is 12.5 Å². The van der Waals surface area contributed by atoms with Gasteiger partial charge in [-0.3, -0.25) is 9.89 Å². The molecular formula is C13H19F3N4O. The van der Waals surface area contributed by atoms with E-state index in [1.54, 1.807) is 0 Å². The van der Waals surface area contributed by atoms with E-state index in [0.29, 0.717) is 25.1 Å². The standard InChI is InChI=1S/C13H19F3N4O/c1-2-3-10-18-11(20-19-10)12(21)17-9-6-4-8(5-7-9)13(14,15)16/h8-9H,2-7H2,1H3,(H,17,21)(H,18,19,20). The number of hydrogen-bond donors (Lipinski definition) is 2. The van der Waals surface area contributed by atoms with E-state index in [0.717, 1.165) is 6.42 Å². The maximum atomic E-state index is 12.6. The average Bonchev–Trinajstić information content (AvgIpc) is 2.87. The Kier molecular flexibility index (Phi) is 4.84. The molecule has 0 aliphatic heterocycles. The smallest absolute Gasteiger partial charge is 0.347 e. The molecule has 1 aliphatic rings. The Bertz CT molecular complexity index is 478. The number of rotatable bonds is 4. The molecule has 0 radical (unpaired) electrons. The number of alkyl halides is 3. The van der Waals surface area contributed by atoms with E-state index >= 15 is 0 Å². The second-order valence-electron chi connectivity index (χ2n) is 5.42. The van der Waals surface area contributed by atoms with Crippen LogP contribution in [0, 0.1) is 5.92 Å². The summed E-state index contributed by atoms with van der Waals surface area (Å²) in [6.45, 7) is 1.99. The van der Waals surface area contributed by atoms with Gasteiger partial charge in [-0.2, -0.15) is 13.2 Å². The van der Waals surface area contributed by atoms with Crippen molar-refractivity contribution in [1.29, 1.82) is 0 Å². The van der Waals surface area contributed by atoms with Crippen LogP contribution in [-0.4, -0.2) is 33.3 Å². The summed E-state index contributed by atoms with van der Waals surface area (Å²) in [7, 11) is 0. The average molecular weight is 304 g/mol. The van der Waals surface area contributed by atoms with E-state index in [1.165, 1.54) is 0 Å². The van der Waals surface area contributed by atoms with Crippen molar-refractivity contribution in [2.45, 2.75) is 57.7 Å². The molecule has 1 aromatic heterocycles. The van der Waals surface area contributed by atoms with Crippen LogP contribution in [0.3, 0.4) is 0 Å². The summed E-state index contributed by atoms with van der Waals surface area (Å²) in [5.74, 6) is -0.978. The molecule has 1 aromatic rings. The first-order chi connectivity index (χ1) is 9.90. The minimum absolute atomic E-state index is 0.0522. The van der Waals surface area contributed by atoms with Gasteiger partial charge in [0.05, 0.1) is 5.92 Å². The molecule has 2 N–H and O–H groups in total. The number of aryl methyl sites for hydroxylation is 1. The Morgan fingerprint density at radius 2 is 2.00 bits per heavy atom. The van der Waals surface area contributed by atoms with Gasteiger partial charge in [-0.15, -0.1) is 5.10 Å². The molecule has 0 atom stereocenters. The molecule has 21 heavy (non-hydrogen) atoms. The van der Waals surface area contributed by atoms with Crippen molar-refractivity contribution < 1.29 is 18.0 Å². The first kappa shape index (κ1) is 15.8. The van der Waals surface area contributed by atoms with Crippen molar-refractivity contribution >= 4 is 5.91 Å². The van der Waals surface area contributed by atoms with Crippen molar-refractivity contribution in [2.75, 3.05) is 0 Å². The first-order valence-electron chi connectivity index (χ1n) is 7.19. The summed E-state index contributed by atoms with van der Waals surface area (Å²) in [4.78, 5) is 16.0. The SMILES string of the molecule is CCCc1nc(C(=O)NC2CCC(C(F)(F)F)CC2)n[nH]1. The van der Waals surface area contributed by atoms with Gasteiger partial charge in [0.2, 0.25) is 5.82 Å². The number of amides is 1. The first-order valence-corrected chi connectivity index (χ1v) is 7.19. The van der Waals surface area contributed by atoms with E-state index in [9.17, 15) is 18.0 Å². The molecule has 0 aromatic carbocycles. The molecule has 1 heterocycles. The Hall–Kier alpha value is -1.60. The minimum Gasteiger partial charge on any atom is -0.347 e. The Labute approximate surface area is 120 Å². The molecule has 5 nitrogen and oxygen atoms in total. The van der Waals surface area contributed by atoms with Gasteiger partial charge >= 0.3 is 6.18 Å². The predicted molar refractivity (Wildman–Crippen MR) is 69.6 cm³/mol. The number of aromatic nitrogens is 3. The second-order valence-corrected chi connectivity index (χ2v) is 5.42. The molecule has 2 rings (SSSR count). The Balaban J connectivity index is 1.84. The van der Waals surface area contributed by atoms with Crippen LogP contribution in [-0.2, 0) is 6.42 Å². The van der Waals surface area contributed by atoms with Crippen LogP contribution in [0.15, 0.2) is 0 Å². The highest BCUT2D eigenvalue weighted by atomic mass is 19.4. The number of nitrogens with zero attached hydrogens (tertiary/aromatic N) is 2. The lowest BCUT2D eigenvalue weighted by molar-refractivity contribution is -0.182. The third kappa shape index (κ3) is 4.18. The van der Waals surface area contributed by atoms with E-state index < -0.39 is 18.0 Å². The molecule has 8 heteroatoms. The number of nitrogens with one attached hydrogen (secondary N) is 2. The molecule has 1 aliphatic carbocycles. The maximum Gasteiger partial charge on any atom is 0.391 e. The van der Waals surface area contributed by atoms with Crippen LogP contribution in [0.5, 0.6) is 0 Å². The monoisotopic (exact) mass is 304 g/mol. The van der Waals surface area contributed by atoms with Gasteiger partial charge in [-0.05, 0) is 32.1 Å². The lowest BCUT2D eigenvalue weighted by Gasteiger charge is -2.29. The van der Waals surface area contributed by atoms with Gasteiger partial charge in [-0.1, -0.05) is 6.92 Å². The Morgan fingerprint density at radius 3 is 2.57 bits per heavy atom. The van der Waals surface area contributed by atoms with Crippen LogP contribution >= 0.6 is 0 Å². The lowest BCUT2D eigenvalue weighted by Crippen LogP contribution is -2.40. The summed E-state index contributed by atoms with van der Waals surface area (Å²) in [6.07, 6.45) is -1.75. The molecule has 1 saturated carbocycles. The zero-order valence-corrected chi connectivity index (χ0v) is 11.8. The zero-order valence-electron chi connectivity index (χ0n) is 11.8. The van der Waals surface area contributed by atoms with Crippen molar-refractivity contribution in [2.24, 2.45) is 5.92 Å². The van der Waals surface area contributed by atoms with E-state index in [2.05, 4.69) is 20.5 Å². The molecule has 1 amide bonds. The van der Waals surface area contributed by atoms with Crippen LogP contribution in [0.1, 0.15) is 55.5 Å². The van der Waals surface area contributed by atoms with Crippen LogP contribution in [0.2, 0.25) is 0 Å². The summed E-state index contributed by atoms with van der Waals surface area (Å²) < 4.78 is 37.7. The van der Waals surface area contributed by atoms with Crippen LogP contribution in [0.4, 0.5) is 13.2 Å². The normalized spacial score (nSPS) is 23.0. The highest BCUT2D eigenvalue weighted by Crippen LogP contribution is 2.37.